The second-order valence-corrected chi connectivity index (χ2v) is 4.55. The average molecular weight is 303 g/mol. The molecule has 21 heavy (non-hydrogen) atoms. The molecule has 3 nitrogen and oxygen atoms in total. The van der Waals surface area contributed by atoms with Gasteiger partial charge in [-0.2, -0.15) is 8.78 Å². The van der Waals surface area contributed by atoms with Crippen LogP contribution in [0.25, 0.3) is 10.8 Å². The predicted molar refractivity (Wildman–Crippen MR) is 70.0 cm³/mol. The summed E-state index contributed by atoms with van der Waals surface area (Å²) < 4.78 is 54.9. The molecule has 1 aromatic carbocycles. The summed E-state index contributed by atoms with van der Waals surface area (Å²) >= 11 is 0. The molecule has 0 saturated heterocycles. The number of pyridine rings is 1. The van der Waals surface area contributed by atoms with E-state index in [4.69, 9.17) is 0 Å². The summed E-state index contributed by atoms with van der Waals surface area (Å²) in [5.74, 6) is -4.17. The van der Waals surface area contributed by atoms with Gasteiger partial charge in [0.25, 0.3) is 5.56 Å². The summed E-state index contributed by atoms with van der Waals surface area (Å²) in [6, 6.07) is 8.60. The fourth-order valence-electron chi connectivity index (χ4n) is 1.82. The Balaban J connectivity index is 1.98. The van der Waals surface area contributed by atoms with Crippen LogP contribution in [-0.4, -0.2) is 30.1 Å². The van der Waals surface area contributed by atoms with E-state index in [-0.39, 0.29) is 18.7 Å². The monoisotopic (exact) mass is 303 g/mol. The average Bonchev–Trinajstić information content (AvgIpc) is 2.43. The Hall–Kier alpha value is -1.89. The van der Waals surface area contributed by atoms with Gasteiger partial charge in [0.05, 0.1) is 6.61 Å². The van der Waals surface area contributed by atoms with Gasteiger partial charge in [0.2, 0.25) is 0 Å². The van der Waals surface area contributed by atoms with Crippen LogP contribution >= 0.6 is 0 Å². The van der Waals surface area contributed by atoms with Crippen LogP contribution in [0, 0.1) is 0 Å². The van der Waals surface area contributed by atoms with Gasteiger partial charge in [-0.25, -0.2) is 8.78 Å². The van der Waals surface area contributed by atoms with Crippen LogP contribution in [0.4, 0.5) is 17.6 Å². The van der Waals surface area contributed by atoms with Gasteiger partial charge in [0.1, 0.15) is 6.61 Å². The number of ether oxygens (including phenoxy) is 1. The molecule has 7 heteroatoms. The number of halogens is 4. The molecule has 0 fully saturated rings. The molecule has 1 heterocycles. The lowest BCUT2D eigenvalue weighted by atomic mass is 10.2. The Morgan fingerprint density at radius 1 is 1.19 bits per heavy atom. The van der Waals surface area contributed by atoms with Crippen molar-refractivity contribution >= 4 is 10.8 Å². The van der Waals surface area contributed by atoms with E-state index in [0.29, 0.717) is 0 Å². The van der Waals surface area contributed by atoms with Crippen molar-refractivity contribution < 1.29 is 22.3 Å². The van der Waals surface area contributed by atoms with Crippen LogP contribution in [0.1, 0.15) is 0 Å². The van der Waals surface area contributed by atoms with Crippen molar-refractivity contribution in [1.29, 1.82) is 0 Å². The minimum Gasteiger partial charge on any atom is -0.373 e. The van der Waals surface area contributed by atoms with Gasteiger partial charge in [-0.3, -0.25) is 4.79 Å². The maximum atomic E-state index is 12.6. The number of hydrogen-bond donors (Lipinski definition) is 0. The maximum absolute atomic E-state index is 12.6. The molecule has 0 aliphatic carbocycles. The minimum absolute atomic E-state index is 0.0169. The Labute approximate surface area is 117 Å². The number of nitrogens with zero attached hydrogens (tertiary/aromatic N) is 1. The summed E-state index contributed by atoms with van der Waals surface area (Å²) in [5.41, 5.74) is -0.307. The predicted octanol–water partition coefficient (Wildman–Crippen LogP) is 2.92. The number of hydrogen-bond acceptors (Lipinski definition) is 2. The Bertz CT molecular complexity index is 669. The molecule has 0 N–H and O–H groups in total. The normalized spacial score (nSPS) is 12.2. The Morgan fingerprint density at radius 2 is 1.86 bits per heavy atom. The first-order valence-corrected chi connectivity index (χ1v) is 6.23. The first-order chi connectivity index (χ1) is 9.90. The minimum atomic E-state index is -4.17. The molecular formula is C14H13F4NO2. The van der Waals surface area contributed by atoms with E-state index in [9.17, 15) is 22.4 Å². The summed E-state index contributed by atoms with van der Waals surface area (Å²) in [7, 11) is 0. The number of rotatable bonds is 6. The molecule has 2 aromatic rings. The summed E-state index contributed by atoms with van der Waals surface area (Å²) in [4.78, 5) is 11.8. The molecule has 0 unspecified atom stereocenters. The SMILES string of the molecule is O=c1cc2ccccc2cn1CCOCC(F)(F)C(F)F. The van der Waals surface area contributed by atoms with E-state index in [2.05, 4.69) is 4.74 Å². The first-order valence-electron chi connectivity index (χ1n) is 6.23. The van der Waals surface area contributed by atoms with Crippen molar-refractivity contribution in [2.45, 2.75) is 18.9 Å². The summed E-state index contributed by atoms with van der Waals surface area (Å²) in [6.07, 6.45) is -2.19. The van der Waals surface area contributed by atoms with Gasteiger partial charge in [0, 0.05) is 18.8 Å². The molecule has 0 saturated carbocycles. The molecule has 0 atom stereocenters. The highest BCUT2D eigenvalue weighted by Crippen LogP contribution is 2.22. The number of benzene rings is 1. The third-order valence-corrected chi connectivity index (χ3v) is 2.94. The van der Waals surface area contributed by atoms with E-state index in [0.717, 1.165) is 10.8 Å². The highest BCUT2D eigenvalue weighted by molar-refractivity contribution is 5.81. The zero-order valence-corrected chi connectivity index (χ0v) is 10.9. The second kappa shape index (κ2) is 6.26. The number of aromatic nitrogens is 1. The summed E-state index contributed by atoms with van der Waals surface area (Å²) in [5, 5.41) is 1.58. The van der Waals surface area contributed by atoms with Gasteiger partial charge < -0.3 is 9.30 Å². The first kappa shape index (κ1) is 15.5. The van der Waals surface area contributed by atoms with Crippen LogP contribution in [-0.2, 0) is 11.3 Å². The zero-order valence-electron chi connectivity index (χ0n) is 10.9. The fourth-order valence-corrected chi connectivity index (χ4v) is 1.82. The largest absolute Gasteiger partial charge is 0.373 e. The van der Waals surface area contributed by atoms with E-state index < -0.39 is 19.0 Å². The fraction of sp³-hybridized carbons (Fsp3) is 0.357. The lowest BCUT2D eigenvalue weighted by Crippen LogP contribution is -2.33. The van der Waals surface area contributed by atoms with Crippen LogP contribution in [0.3, 0.4) is 0 Å². The van der Waals surface area contributed by atoms with Gasteiger partial charge in [-0.15, -0.1) is 0 Å². The molecule has 2 rings (SSSR count). The third-order valence-electron chi connectivity index (χ3n) is 2.94. The van der Waals surface area contributed by atoms with E-state index >= 15 is 0 Å². The van der Waals surface area contributed by atoms with Gasteiger partial charge in [-0.05, 0) is 10.8 Å². The highest BCUT2D eigenvalue weighted by Gasteiger charge is 2.40. The van der Waals surface area contributed by atoms with Gasteiger partial charge in [-0.1, -0.05) is 24.3 Å². The molecule has 0 aliphatic rings. The standard InChI is InChI=1S/C14H13F4NO2/c15-13(16)14(17,18)9-21-6-5-19-8-11-4-2-1-3-10(11)7-12(19)20/h1-4,7-8,13H,5-6,9H2. The van der Waals surface area contributed by atoms with Crippen LogP contribution in [0.2, 0.25) is 0 Å². The van der Waals surface area contributed by atoms with Crippen molar-refractivity contribution in [1.82, 2.24) is 4.57 Å². The molecule has 1 aromatic heterocycles. The van der Waals surface area contributed by atoms with Crippen molar-refractivity contribution in [3.8, 4) is 0 Å². The molecule has 0 aliphatic heterocycles. The number of fused-ring (bicyclic) bond motifs is 1. The van der Waals surface area contributed by atoms with Crippen molar-refractivity contribution in [3.63, 3.8) is 0 Å². The van der Waals surface area contributed by atoms with Crippen molar-refractivity contribution in [2.24, 2.45) is 0 Å². The molecule has 0 spiro atoms. The molecular weight excluding hydrogens is 290 g/mol. The third kappa shape index (κ3) is 3.81. The van der Waals surface area contributed by atoms with Crippen molar-refractivity contribution in [3.05, 3.63) is 46.9 Å². The van der Waals surface area contributed by atoms with Crippen molar-refractivity contribution in [2.75, 3.05) is 13.2 Å². The maximum Gasteiger partial charge on any atom is 0.330 e. The van der Waals surface area contributed by atoms with Gasteiger partial charge in [0.15, 0.2) is 0 Å². The topological polar surface area (TPSA) is 31.2 Å². The molecule has 114 valence electrons. The molecule has 0 amide bonds. The van der Waals surface area contributed by atoms with E-state index in [1.807, 2.05) is 0 Å². The van der Waals surface area contributed by atoms with Crippen LogP contribution in [0.15, 0.2) is 41.3 Å². The molecule has 0 bridgehead atoms. The lowest BCUT2D eigenvalue weighted by Gasteiger charge is -2.15. The Morgan fingerprint density at radius 3 is 2.52 bits per heavy atom. The second-order valence-electron chi connectivity index (χ2n) is 4.55. The Kier molecular flexibility index (Phi) is 4.62. The highest BCUT2D eigenvalue weighted by atomic mass is 19.3. The van der Waals surface area contributed by atoms with Gasteiger partial charge >= 0.3 is 12.3 Å². The molecule has 0 radical (unpaired) electrons. The number of alkyl halides is 4. The van der Waals surface area contributed by atoms with E-state index in [1.165, 1.54) is 10.6 Å². The van der Waals surface area contributed by atoms with Crippen LogP contribution < -0.4 is 5.56 Å². The lowest BCUT2D eigenvalue weighted by molar-refractivity contribution is -0.166. The quantitative estimate of drug-likeness (QED) is 0.607. The smallest absolute Gasteiger partial charge is 0.330 e. The van der Waals surface area contributed by atoms with E-state index in [1.54, 1.807) is 30.5 Å². The van der Waals surface area contributed by atoms with Crippen LogP contribution in [0.5, 0.6) is 0 Å². The summed E-state index contributed by atoms with van der Waals surface area (Å²) in [6.45, 7) is -1.60. The zero-order chi connectivity index (χ0) is 15.5.